The van der Waals surface area contributed by atoms with E-state index in [0.29, 0.717) is 5.56 Å². The zero-order chi connectivity index (χ0) is 8.97. The Morgan fingerprint density at radius 3 is 2.17 bits per heavy atom. The number of nitriles is 2. The lowest BCUT2D eigenvalue weighted by Crippen LogP contribution is -2.06. The first kappa shape index (κ1) is 8.26. The van der Waals surface area contributed by atoms with Crippen molar-refractivity contribution in [2.75, 3.05) is 0 Å². The Labute approximate surface area is 70.7 Å². The Morgan fingerprint density at radius 1 is 1.17 bits per heavy atom. The van der Waals surface area contributed by atoms with Gasteiger partial charge in [0.25, 0.3) is 0 Å². The van der Waals surface area contributed by atoms with Gasteiger partial charge in [-0.25, -0.2) is 0 Å². The van der Waals surface area contributed by atoms with Gasteiger partial charge in [0.1, 0.15) is 6.04 Å². The number of hydrogen-bond donors (Lipinski definition) is 1. The summed E-state index contributed by atoms with van der Waals surface area (Å²) in [6.07, 6.45) is 0. The van der Waals surface area contributed by atoms with Gasteiger partial charge in [-0.05, 0) is 17.7 Å². The maximum absolute atomic E-state index is 8.48. The second kappa shape index (κ2) is 3.52. The van der Waals surface area contributed by atoms with E-state index in [1.807, 2.05) is 12.1 Å². The molecule has 2 N–H and O–H groups in total. The monoisotopic (exact) mass is 157 g/mol. The molecular weight excluding hydrogens is 150 g/mol. The van der Waals surface area contributed by atoms with Gasteiger partial charge in [-0.2, -0.15) is 10.5 Å². The lowest BCUT2D eigenvalue weighted by molar-refractivity contribution is 0.926. The predicted molar refractivity (Wildman–Crippen MR) is 43.7 cm³/mol. The minimum Gasteiger partial charge on any atom is -0.312 e. The van der Waals surface area contributed by atoms with E-state index in [0.717, 1.165) is 5.56 Å². The molecule has 1 rings (SSSR count). The third-order valence-corrected chi connectivity index (χ3v) is 1.54. The molecule has 0 aliphatic heterocycles. The lowest BCUT2D eigenvalue weighted by atomic mass is 10.1. The first-order valence-corrected chi connectivity index (χ1v) is 3.43. The van der Waals surface area contributed by atoms with Crippen LogP contribution in [0.4, 0.5) is 0 Å². The lowest BCUT2D eigenvalue weighted by Gasteiger charge is -2.00. The molecule has 0 saturated carbocycles. The van der Waals surface area contributed by atoms with Crippen LogP contribution in [0, 0.1) is 22.7 Å². The highest BCUT2D eigenvalue weighted by Crippen LogP contribution is 2.09. The first-order chi connectivity index (χ1) is 5.77. The maximum atomic E-state index is 8.48. The standard InChI is InChI=1S/C9H7N3/c10-5-7-1-3-8(4-2-7)9(12)6-11/h1-4,9H,12H2/t9-/m1/s1. The summed E-state index contributed by atoms with van der Waals surface area (Å²) < 4.78 is 0. The van der Waals surface area contributed by atoms with Crippen molar-refractivity contribution in [3.8, 4) is 12.1 Å². The summed E-state index contributed by atoms with van der Waals surface area (Å²) in [4.78, 5) is 0. The number of nitrogens with zero attached hydrogens (tertiary/aromatic N) is 2. The van der Waals surface area contributed by atoms with Gasteiger partial charge in [0.05, 0.1) is 17.7 Å². The highest BCUT2D eigenvalue weighted by atomic mass is 14.6. The number of hydrogen-bond acceptors (Lipinski definition) is 3. The van der Waals surface area contributed by atoms with E-state index in [9.17, 15) is 0 Å². The van der Waals surface area contributed by atoms with Crippen LogP contribution in [-0.4, -0.2) is 0 Å². The molecule has 0 aromatic heterocycles. The molecule has 1 atom stereocenters. The van der Waals surface area contributed by atoms with Crippen molar-refractivity contribution in [2.45, 2.75) is 6.04 Å². The molecule has 0 aliphatic carbocycles. The summed E-state index contributed by atoms with van der Waals surface area (Å²) in [6, 6.07) is 9.97. The van der Waals surface area contributed by atoms with Crippen LogP contribution < -0.4 is 5.73 Å². The van der Waals surface area contributed by atoms with Crippen LogP contribution in [-0.2, 0) is 0 Å². The van der Waals surface area contributed by atoms with Gasteiger partial charge in [-0.15, -0.1) is 0 Å². The molecule has 1 aromatic carbocycles. The van der Waals surface area contributed by atoms with Gasteiger partial charge in [0, 0.05) is 0 Å². The SMILES string of the molecule is N#Cc1ccc([C@H](N)C#N)cc1. The highest BCUT2D eigenvalue weighted by molar-refractivity contribution is 5.34. The smallest absolute Gasteiger partial charge is 0.118 e. The second-order valence-corrected chi connectivity index (χ2v) is 2.34. The largest absolute Gasteiger partial charge is 0.312 e. The van der Waals surface area contributed by atoms with Crippen molar-refractivity contribution in [1.82, 2.24) is 0 Å². The highest BCUT2D eigenvalue weighted by Gasteiger charge is 2.02. The van der Waals surface area contributed by atoms with E-state index >= 15 is 0 Å². The van der Waals surface area contributed by atoms with E-state index in [-0.39, 0.29) is 0 Å². The zero-order valence-corrected chi connectivity index (χ0v) is 6.36. The van der Waals surface area contributed by atoms with Crippen molar-refractivity contribution < 1.29 is 0 Å². The summed E-state index contributed by atoms with van der Waals surface area (Å²) in [7, 11) is 0. The Bertz CT molecular complexity index is 340. The minimum atomic E-state index is -0.599. The summed E-state index contributed by atoms with van der Waals surface area (Å²) in [5.74, 6) is 0. The van der Waals surface area contributed by atoms with Crippen LogP contribution in [0.2, 0.25) is 0 Å². The van der Waals surface area contributed by atoms with Crippen LogP contribution in [0.3, 0.4) is 0 Å². The molecule has 0 aliphatic rings. The zero-order valence-electron chi connectivity index (χ0n) is 6.36. The Kier molecular flexibility index (Phi) is 2.42. The molecule has 0 amide bonds. The maximum Gasteiger partial charge on any atom is 0.118 e. The van der Waals surface area contributed by atoms with E-state index in [2.05, 4.69) is 0 Å². The van der Waals surface area contributed by atoms with Crippen molar-refractivity contribution >= 4 is 0 Å². The average molecular weight is 157 g/mol. The van der Waals surface area contributed by atoms with Crippen molar-refractivity contribution in [2.24, 2.45) is 5.73 Å². The normalized spacial score (nSPS) is 11.2. The van der Waals surface area contributed by atoms with E-state index in [4.69, 9.17) is 16.3 Å². The summed E-state index contributed by atoms with van der Waals surface area (Å²) in [5, 5.41) is 17.0. The number of rotatable bonds is 1. The van der Waals surface area contributed by atoms with Crippen molar-refractivity contribution in [1.29, 1.82) is 10.5 Å². The Hall–Kier alpha value is -1.84. The number of nitrogens with two attached hydrogens (primary N) is 1. The third-order valence-electron chi connectivity index (χ3n) is 1.54. The summed E-state index contributed by atoms with van der Waals surface area (Å²) >= 11 is 0. The molecule has 0 radical (unpaired) electrons. The molecule has 0 fully saturated rings. The van der Waals surface area contributed by atoms with E-state index in [1.165, 1.54) is 0 Å². The molecule has 0 bridgehead atoms. The molecule has 0 saturated heterocycles. The van der Waals surface area contributed by atoms with Gasteiger partial charge in [0.2, 0.25) is 0 Å². The van der Waals surface area contributed by atoms with Crippen LogP contribution in [0.1, 0.15) is 17.2 Å². The molecule has 1 aromatic rings. The van der Waals surface area contributed by atoms with Crippen molar-refractivity contribution in [3.63, 3.8) is 0 Å². The fourth-order valence-corrected chi connectivity index (χ4v) is 0.840. The second-order valence-electron chi connectivity index (χ2n) is 2.34. The fraction of sp³-hybridized carbons (Fsp3) is 0.111. The van der Waals surface area contributed by atoms with Crippen LogP contribution in [0.25, 0.3) is 0 Å². The first-order valence-electron chi connectivity index (χ1n) is 3.43. The van der Waals surface area contributed by atoms with Gasteiger partial charge >= 0.3 is 0 Å². The van der Waals surface area contributed by atoms with E-state index in [1.54, 1.807) is 24.3 Å². The molecule has 0 heterocycles. The quantitative estimate of drug-likeness (QED) is 0.662. The van der Waals surface area contributed by atoms with Crippen molar-refractivity contribution in [3.05, 3.63) is 35.4 Å². The van der Waals surface area contributed by atoms with E-state index < -0.39 is 6.04 Å². The van der Waals surface area contributed by atoms with Crippen LogP contribution in [0.5, 0.6) is 0 Å². The minimum absolute atomic E-state index is 0.573. The van der Waals surface area contributed by atoms with Gasteiger partial charge in [0.15, 0.2) is 0 Å². The third kappa shape index (κ3) is 1.60. The molecule has 58 valence electrons. The fourth-order valence-electron chi connectivity index (χ4n) is 0.840. The number of benzene rings is 1. The molecule has 0 unspecified atom stereocenters. The van der Waals surface area contributed by atoms with Gasteiger partial charge in [-0.1, -0.05) is 12.1 Å². The van der Waals surface area contributed by atoms with Gasteiger partial charge in [-0.3, -0.25) is 0 Å². The van der Waals surface area contributed by atoms with Crippen LogP contribution >= 0.6 is 0 Å². The Morgan fingerprint density at radius 2 is 1.75 bits per heavy atom. The summed E-state index contributed by atoms with van der Waals surface area (Å²) in [6.45, 7) is 0. The van der Waals surface area contributed by atoms with Crippen LogP contribution in [0.15, 0.2) is 24.3 Å². The van der Waals surface area contributed by atoms with Gasteiger partial charge < -0.3 is 5.73 Å². The molecule has 0 spiro atoms. The Balaban J connectivity index is 2.96. The average Bonchev–Trinajstić information content (AvgIpc) is 2.17. The molecular formula is C9H7N3. The molecule has 12 heavy (non-hydrogen) atoms. The molecule has 3 nitrogen and oxygen atoms in total. The summed E-state index contributed by atoms with van der Waals surface area (Å²) in [5.41, 5.74) is 6.75. The predicted octanol–water partition coefficient (Wildman–Crippen LogP) is 1.08. The molecule has 3 heteroatoms. The topological polar surface area (TPSA) is 73.6 Å².